The van der Waals surface area contributed by atoms with Crippen LogP contribution in [0.3, 0.4) is 0 Å². The number of anilines is 1. The Labute approximate surface area is 177 Å². The van der Waals surface area contributed by atoms with Crippen molar-refractivity contribution in [2.45, 2.75) is 25.2 Å². The van der Waals surface area contributed by atoms with Gasteiger partial charge in [0, 0.05) is 42.0 Å². The Balaban J connectivity index is 1.47. The molecule has 2 aliphatic rings. The largest absolute Gasteiger partial charge is 0.477 e. The van der Waals surface area contributed by atoms with E-state index in [9.17, 15) is 14.7 Å². The first-order chi connectivity index (χ1) is 14.9. The summed E-state index contributed by atoms with van der Waals surface area (Å²) in [6.45, 7) is 1.14. The smallest absolute Gasteiger partial charge is 0.354 e. The third-order valence-electron chi connectivity index (χ3n) is 5.99. The van der Waals surface area contributed by atoms with E-state index in [1.165, 1.54) is 13.2 Å². The number of aromatic nitrogens is 3. The average molecular weight is 424 g/mol. The lowest BCUT2D eigenvalue weighted by atomic mass is 10.1. The first-order valence-electron chi connectivity index (χ1n) is 10.2. The zero-order valence-corrected chi connectivity index (χ0v) is 16.9. The topological polar surface area (TPSA) is 97.0 Å². The minimum atomic E-state index is -1.10. The van der Waals surface area contributed by atoms with Crippen molar-refractivity contribution in [2.75, 3.05) is 25.1 Å². The van der Waals surface area contributed by atoms with Gasteiger partial charge in [-0.15, -0.1) is 0 Å². The van der Waals surface area contributed by atoms with Gasteiger partial charge in [-0.3, -0.25) is 4.79 Å². The molecule has 31 heavy (non-hydrogen) atoms. The Morgan fingerprint density at radius 2 is 2.00 bits per heavy atom. The maximum atomic E-state index is 15.0. The number of esters is 1. The fourth-order valence-corrected chi connectivity index (χ4v) is 4.17. The van der Waals surface area contributed by atoms with Crippen LogP contribution >= 0.6 is 0 Å². The van der Waals surface area contributed by atoms with Crippen molar-refractivity contribution >= 4 is 23.3 Å². The van der Waals surface area contributed by atoms with Crippen molar-refractivity contribution < 1.29 is 23.8 Å². The van der Waals surface area contributed by atoms with E-state index in [0.717, 1.165) is 18.5 Å². The van der Waals surface area contributed by atoms with Gasteiger partial charge in [-0.1, -0.05) is 0 Å². The van der Waals surface area contributed by atoms with Crippen LogP contribution in [0.2, 0.25) is 0 Å². The molecule has 1 N–H and O–H groups in total. The number of halogens is 1. The Morgan fingerprint density at radius 3 is 2.68 bits per heavy atom. The van der Waals surface area contributed by atoms with Gasteiger partial charge in [0.2, 0.25) is 0 Å². The third-order valence-corrected chi connectivity index (χ3v) is 5.99. The Bertz CT molecular complexity index is 1200. The number of carboxylic acid groups (broad SMARTS) is 1. The first kappa shape index (κ1) is 19.5. The van der Waals surface area contributed by atoms with Crippen molar-refractivity contribution in [1.29, 1.82) is 0 Å². The van der Waals surface area contributed by atoms with E-state index >= 15 is 4.39 Å². The number of benzene rings is 1. The number of fused-ring (bicyclic) bond motifs is 1. The number of hydrogen-bond acceptors (Lipinski definition) is 6. The molecule has 160 valence electrons. The fourth-order valence-electron chi connectivity index (χ4n) is 4.17. The number of rotatable bonds is 5. The second-order valence-corrected chi connectivity index (χ2v) is 8.06. The SMILES string of the molecule is COC(=O)[C@H]1CCN(c2ccc(-c3cc4nc(C(=O)O)cc(C5CC5)n4n3)c(F)c2)C1. The standard InChI is InChI=1S/C22H21FN4O4/c1-31-22(30)13-6-7-26(11-13)14-4-5-15(16(23)8-14)17-10-20-24-18(21(28)29)9-19(12-2-3-12)27(20)25-17/h4-5,8-10,12-13H,2-3,6-7,11H2,1H3,(H,28,29)/t13-/m0/s1. The molecular formula is C22H21FN4O4. The van der Waals surface area contributed by atoms with Crippen molar-refractivity contribution in [3.63, 3.8) is 0 Å². The summed E-state index contributed by atoms with van der Waals surface area (Å²) >= 11 is 0. The second-order valence-electron chi connectivity index (χ2n) is 8.06. The number of carboxylic acids is 1. The van der Waals surface area contributed by atoms with Crippen molar-refractivity contribution in [1.82, 2.24) is 14.6 Å². The van der Waals surface area contributed by atoms with Crippen LogP contribution in [0.5, 0.6) is 0 Å². The summed E-state index contributed by atoms with van der Waals surface area (Å²) < 4.78 is 21.5. The zero-order valence-electron chi connectivity index (χ0n) is 16.9. The van der Waals surface area contributed by atoms with Gasteiger partial charge in [-0.25, -0.2) is 18.7 Å². The highest BCUT2D eigenvalue weighted by Gasteiger charge is 2.30. The summed E-state index contributed by atoms with van der Waals surface area (Å²) in [5, 5.41) is 13.9. The van der Waals surface area contributed by atoms with E-state index in [2.05, 4.69) is 10.1 Å². The molecule has 1 atom stereocenters. The van der Waals surface area contributed by atoms with E-state index in [4.69, 9.17) is 4.74 Å². The van der Waals surface area contributed by atoms with Crippen LogP contribution in [0.25, 0.3) is 16.9 Å². The van der Waals surface area contributed by atoms with Crippen molar-refractivity contribution in [3.8, 4) is 11.3 Å². The minimum absolute atomic E-state index is 0.0362. The molecule has 8 nitrogen and oxygen atoms in total. The predicted octanol–water partition coefficient (Wildman–Crippen LogP) is 3.11. The van der Waals surface area contributed by atoms with E-state index in [1.807, 2.05) is 4.90 Å². The normalized spacial score (nSPS) is 18.5. The number of methoxy groups -OCH3 is 1. The summed E-state index contributed by atoms with van der Waals surface area (Å²) in [7, 11) is 1.37. The van der Waals surface area contributed by atoms with Crippen LogP contribution in [0, 0.1) is 11.7 Å². The number of nitrogens with zero attached hydrogens (tertiary/aromatic N) is 4. The van der Waals surface area contributed by atoms with Crippen LogP contribution < -0.4 is 4.90 Å². The Kier molecular flexibility index (Phi) is 4.60. The van der Waals surface area contributed by atoms with Gasteiger partial charge in [-0.2, -0.15) is 5.10 Å². The lowest BCUT2D eigenvalue weighted by molar-refractivity contribution is -0.144. The third kappa shape index (κ3) is 3.49. The molecule has 0 bridgehead atoms. The minimum Gasteiger partial charge on any atom is -0.477 e. The van der Waals surface area contributed by atoms with Gasteiger partial charge in [0.15, 0.2) is 11.3 Å². The Hall–Kier alpha value is -3.49. The highest BCUT2D eigenvalue weighted by molar-refractivity contribution is 5.86. The van der Waals surface area contributed by atoms with Gasteiger partial charge in [0.25, 0.3) is 0 Å². The highest BCUT2D eigenvalue weighted by Crippen LogP contribution is 2.40. The monoisotopic (exact) mass is 424 g/mol. The van der Waals surface area contributed by atoms with Crippen LogP contribution in [-0.4, -0.2) is 51.8 Å². The molecule has 0 amide bonds. The van der Waals surface area contributed by atoms with Crippen LogP contribution in [-0.2, 0) is 9.53 Å². The molecule has 1 saturated heterocycles. The van der Waals surface area contributed by atoms with Gasteiger partial charge in [-0.05, 0) is 43.5 Å². The second kappa shape index (κ2) is 7.33. The molecule has 2 aromatic heterocycles. The summed E-state index contributed by atoms with van der Waals surface area (Å²) in [4.78, 5) is 29.3. The van der Waals surface area contributed by atoms with Gasteiger partial charge in [0.1, 0.15) is 5.82 Å². The van der Waals surface area contributed by atoms with Gasteiger partial charge >= 0.3 is 11.9 Å². The van der Waals surface area contributed by atoms with Crippen LogP contribution in [0.15, 0.2) is 30.3 Å². The first-order valence-corrected chi connectivity index (χ1v) is 10.2. The molecular weight excluding hydrogens is 403 g/mol. The quantitative estimate of drug-likeness (QED) is 0.629. The highest BCUT2D eigenvalue weighted by atomic mass is 19.1. The maximum Gasteiger partial charge on any atom is 0.354 e. The number of ether oxygens (including phenoxy) is 1. The molecule has 9 heteroatoms. The molecule has 0 unspecified atom stereocenters. The number of hydrogen-bond donors (Lipinski definition) is 1. The van der Waals surface area contributed by atoms with Gasteiger partial charge < -0.3 is 14.7 Å². The molecule has 3 heterocycles. The molecule has 0 spiro atoms. The number of carbonyl (C=O) groups is 2. The van der Waals surface area contributed by atoms with E-state index in [-0.39, 0.29) is 23.5 Å². The van der Waals surface area contributed by atoms with Crippen molar-refractivity contribution in [3.05, 3.63) is 47.5 Å². The summed E-state index contributed by atoms with van der Waals surface area (Å²) in [5.74, 6) is -1.74. The van der Waals surface area contributed by atoms with E-state index in [0.29, 0.717) is 42.1 Å². The molecule has 1 aliphatic carbocycles. The van der Waals surface area contributed by atoms with E-state index in [1.54, 1.807) is 28.8 Å². The molecule has 5 rings (SSSR count). The summed E-state index contributed by atoms with van der Waals surface area (Å²) in [6, 6.07) is 8.07. The lowest BCUT2D eigenvalue weighted by Crippen LogP contribution is -2.23. The zero-order chi connectivity index (χ0) is 21.7. The lowest BCUT2D eigenvalue weighted by Gasteiger charge is -2.18. The predicted molar refractivity (Wildman–Crippen MR) is 110 cm³/mol. The summed E-state index contributed by atoms with van der Waals surface area (Å²) in [6.07, 6.45) is 2.61. The molecule has 1 aromatic carbocycles. The molecule has 1 saturated carbocycles. The maximum absolute atomic E-state index is 15.0. The summed E-state index contributed by atoms with van der Waals surface area (Å²) in [5.41, 5.74) is 2.55. The fraction of sp³-hybridized carbons (Fsp3) is 0.364. The molecule has 1 aliphatic heterocycles. The number of aromatic carboxylic acids is 1. The van der Waals surface area contributed by atoms with Crippen LogP contribution in [0.4, 0.5) is 10.1 Å². The van der Waals surface area contributed by atoms with Gasteiger partial charge in [0.05, 0.1) is 18.7 Å². The van der Waals surface area contributed by atoms with E-state index < -0.39 is 11.8 Å². The molecule has 2 fully saturated rings. The van der Waals surface area contributed by atoms with Crippen LogP contribution in [0.1, 0.15) is 41.4 Å². The molecule has 3 aromatic rings. The Morgan fingerprint density at radius 1 is 1.19 bits per heavy atom. The average Bonchev–Trinajstić information content (AvgIpc) is 3.32. The van der Waals surface area contributed by atoms with Crippen molar-refractivity contribution in [2.24, 2.45) is 5.92 Å². The number of carbonyl (C=O) groups excluding carboxylic acids is 1. The molecule has 0 radical (unpaired) electrons.